The van der Waals surface area contributed by atoms with E-state index in [0.717, 1.165) is 12.3 Å². The molecule has 0 radical (unpaired) electrons. The molecule has 1 atom stereocenters. The molecule has 1 unspecified atom stereocenters. The summed E-state index contributed by atoms with van der Waals surface area (Å²) in [5, 5.41) is 15.9. The van der Waals surface area contributed by atoms with Gasteiger partial charge in [-0.05, 0) is 35.6 Å². The van der Waals surface area contributed by atoms with E-state index in [9.17, 15) is 5.11 Å². The van der Waals surface area contributed by atoms with E-state index in [1.807, 2.05) is 13.2 Å². The smallest absolute Gasteiger partial charge is 0.0833 e. The summed E-state index contributed by atoms with van der Waals surface area (Å²) in [5.41, 5.74) is 0.606. The summed E-state index contributed by atoms with van der Waals surface area (Å²) in [6.45, 7) is 3.27. The maximum atomic E-state index is 10.1. The highest BCUT2D eigenvalue weighted by atomic mass is 32.2. The minimum absolute atomic E-state index is 0.612. The monoisotopic (exact) mass is 275 g/mol. The number of hydrogen-bond donors (Lipinski definition) is 2. The Morgan fingerprint density at radius 3 is 2.63 bits per heavy atom. The topological polar surface area (TPSA) is 32.3 Å². The van der Waals surface area contributed by atoms with Gasteiger partial charge in [-0.2, -0.15) is 11.8 Å². The second-order valence-electron chi connectivity index (χ2n) is 5.22. The summed E-state index contributed by atoms with van der Waals surface area (Å²) >= 11 is 1.67. The predicted molar refractivity (Wildman–Crippen MR) is 84.7 cm³/mol. The minimum atomic E-state index is -0.643. The van der Waals surface area contributed by atoms with Gasteiger partial charge in [0.25, 0.3) is 0 Å². The van der Waals surface area contributed by atoms with Crippen molar-refractivity contribution in [3.05, 3.63) is 48.0 Å². The Kier molecular flexibility index (Phi) is 4.86. The summed E-state index contributed by atoms with van der Waals surface area (Å²) in [4.78, 5) is 0. The van der Waals surface area contributed by atoms with Gasteiger partial charge in [-0.3, -0.25) is 0 Å². The van der Waals surface area contributed by atoms with E-state index >= 15 is 0 Å². The third kappa shape index (κ3) is 4.23. The van der Waals surface area contributed by atoms with Crippen LogP contribution in [0.1, 0.15) is 12.5 Å². The number of nitrogens with one attached hydrogen (secondary N) is 1. The van der Waals surface area contributed by atoms with Crippen molar-refractivity contribution in [3.8, 4) is 0 Å². The van der Waals surface area contributed by atoms with Crippen LogP contribution in [0.2, 0.25) is 0 Å². The van der Waals surface area contributed by atoms with Crippen LogP contribution < -0.4 is 5.32 Å². The molecule has 0 bridgehead atoms. The van der Waals surface area contributed by atoms with Gasteiger partial charge < -0.3 is 10.4 Å². The molecule has 0 aliphatic rings. The average Bonchev–Trinajstić information content (AvgIpc) is 2.38. The lowest BCUT2D eigenvalue weighted by molar-refractivity contribution is 0.0846. The molecule has 0 saturated carbocycles. The molecule has 3 heteroatoms. The van der Waals surface area contributed by atoms with Crippen LogP contribution >= 0.6 is 11.8 Å². The number of rotatable bonds is 6. The highest BCUT2D eigenvalue weighted by Crippen LogP contribution is 2.16. The maximum absolute atomic E-state index is 10.1. The first-order chi connectivity index (χ1) is 9.11. The summed E-state index contributed by atoms with van der Waals surface area (Å²) in [6, 6.07) is 14.8. The van der Waals surface area contributed by atoms with E-state index in [1.165, 1.54) is 16.3 Å². The second-order valence-corrected chi connectivity index (χ2v) is 6.08. The molecule has 2 nitrogen and oxygen atoms in total. The van der Waals surface area contributed by atoms with Gasteiger partial charge in [-0.15, -0.1) is 0 Å². The van der Waals surface area contributed by atoms with E-state index in [-0.39, 0.29) is 0 Å². The van der Waals surface area contributed by atoms with Gasteiger partial charge in [0.15, 0.2) is 0 Å². The van der Waals surface area contributed by atoms with Crippen LogP contribution in [0.25, 0.3) is 10.8 Å². The molecule has 2 rings (SSSR count). The van der Waals surface area contributed by atoms with Crippen LogP contribution in [0.15, 0.2) is 42.5 Å². The predicted octanol–water partition coefficient (Wildman–Crippen LogP) is 3.04. The summed E-state index contributed by atoms with van der Waals surface area (Å²) in [5.74, 6) is 0.748. The molecular formula is C16H21NOS. The summed E-state index contributed by atoms with van der Waals surface area (Å²) in [6.07, 6.45) is 2.01. The lowest BCUT2D eigenvalue weighted by Gasteiger charge is -2.22. The van der Waals surface area contributed by atoms with E-state index in [1.54, 1.807) is 11.8 Å². The zero-order valence-corrected chi connectivity index (χ0v) is 12.3. The third-order valence-corrected chi connectivity index (χ3v) is 4.01. The molecule has 19 heavy (non-hydrogen) atoms. The quantitative estimate of drug-likeness (QED) is 0.850. The van der Waals surface area contributed by atoms with Gasteiger partial charge in [0, 0.05) is 18.8 Å². The summed E-state index contributed by atoms with van der Waals surface area (Å²) in [7, 11) is 0. The standard InChI is InChI=1S/C16H21NOS/c1-16(18,12-19-2)11-17-10-13-7-8-14-5-3-4-6-15(14)9-13/h3-9,17-18H,10-12H2,1-2H3. The molecule has 2 aromatic carbocycles. The first-order valence-electron chi connectivity index (χ1n) is 6.50. The van der Waals surface area contributed by atoms with Crippen LogP contribution in [-0.4, -0.2) is 29.3 Å². The van der Waals surface area contributed by atoms with E-state index < -0.39 is 5.60 Å². The van der Waals surface area contributed by atoms with Crippen molar-refractivity contribution < 1.29 is 5.11 Å². The largest absolute Gasteiger partial charge is 0.388 e. The fourth-order valence-corrected chi connectivity index (χ4v) is 2.91. The second kappa shape index (κ2) is 6.42. The van der Waals surface area contributed by atoms with Crippen molar-refractivity contribution >= 4 is 22.5 Å². The van der Waals surface area contributed by atoms with Gasteiger partial charge in [-0.1, -0.05) is 36.4 Å². The third-order valence-electron chi connectivity index (χ3n) is 3.10. The molecule has 0 fully saturated rings. The summed E-state index contributed by atoms with van der Waals surface area (Å²) < 4.78 is 0. The van der Waals surface area contributed by atoms with Gasteiger partial charge in [-0.25, -0.2) is 0 Å². The first kappa shape index (κ1) is 14.4. The first-order valence-corrected chi connectivity index (χ1v) is 7.90. The van der Waals surface area contributed by atoms with Crippen LogP contribution in [0.5, 0.6) is 0 Å². The van der Waals surface area contributed by atoms with Crippen molar-refractivity contribution in [2.45, 2.75) is 19.1 Å². The number of fused-ring (bicyclic) bond motifs is 1. The molecule has 0 spiro atoms. The van der Waals surface area contributed by atoms with Gasteiger partial charge in [0.2, 0.25) is 0 Å². The fourth-order valence-electron chi connectivity index (χ4n) is 2.19. The Labute approximate surface area is 119 Å². The van der Waals surface area contributed by atoms with Crippen LogP contribution in [-0.2, 0) is 6.54 Å². The molecule has 0 aliphatic heterocycles. The highest BCUT2D eigenvalue weighted by Gasteiger charge is 2.18. The normalized spacial score (nSPS) is 14.5. The highest BCUT2D eigenvalue weighted by molar-refractivity contribution is 7.98. The lowest BCUT2D eigenvalue weighted by Crippen LogP contribution is -2.39. The Hall–Kier alpha value is -1.03. The van der Waals surface area contributed by atoms with Gasteiger partial charge in [0.05, 0.1) is 5.60 Å². The number of benzene rings is 2. The maximum Gasteiger partial charge on any atom is 0.0833 e. The van der Waals surface area contributed by atoms with E-state index in [0.29, 0.717) is 6.54 Å². The van der Waals surface area contributed by atoms with Crippen LogP contribution in [0.3, 0.4) is 0 Å². The number of hydrogen-bond acceptors (Lipinski definition) is 3. The fraction of sp³-hybridized carbons (Fsp3) is 0.375. The molecular weight excluding hydrogens is 254 g/mol. The Morgan fingerprint density at radius 1 is 1.16 bits per heavy atom. The van der Waals surface area contributed by atoms with Crippen molar-refractivity contribution in [1.82, 2.24) is 5.32 Å². The van der Waals surface area contributed by atoms with Crippen molar-refractivity contribution in [2.75, 3.05) is 18.6 Å². The Morgan fingerprint density at radius 2 is 1.89 bits per heavy atom. The van der Waals surface area contributed by atoms with Crippen LogP contribution in [0.4, 0.5) is 0 Å². The Balaban J connectivity index is 1.95. The Bertz CT molecular complexity index is 539. The number of aliphatic hydroxyl groups is 1. The van der Waals surface area contributed by atoms with E-state index in [4.69, 9.17) is 0 Å². The zero-order valence-electron chi connectivity index (χ0n) is 11.5. The lowest BCUT2D eigenvalue weighted by atomic mass is 10.1. The molecule has 0 aliphatic carbocycles. The zero-order chi connectivity index (χ0) is 13.7. The van der Waals surface area contributed by atoms with Gasteiger partial charge >= 0.3 is 0 Å². The number of thioether (sulfide) groups is 1. The van der Waals surface area contributed by atoms with E-state index in [2.05, 4.69) is 47.8 Å². The minimum Gasteiger partial charge on any atom is -0.388 e. The SMILES string of the molecule is CSCC(C)(O)CNCc1ccc2ccccc2c1. The van der Waals surface area contributed by atoms with Crippen molar-refractivity contribution in [1.29, 1.82) is 0 Å². The molecule has 2 N–H and O–H groups in total. The van der Waals surface area contributed by atoms with Crippen molar-refractivity contribution in [2.24, 2.45) is 0 Å². The van der Waals surface area contributed by atoms with Crippen LogP contribution in [0, 0.1) is 0 Å². The molecule has 2 aromatic rings. The average molecular weight is 275 g/mol. The van der Waals surface area contributed by atoms with Gasteiger partial charge in [0.1, 0.15) is 0 Å². The molecule has 0 amide bonds. The molecule has 102 valence electrons. The van der Waals surface area contributed by atoms with Crippen molar-refractivity contribution in [3.63, 3.8) is 0 Å². The molecule has 0 aromatic heterocycles. The molecule has 0 saturated heterocycles. The molecule has 0 heterocycles.